The number of hydrogen-bond donors (Lipinski definition) is 3. The number of allylic oxidation sites excluding steroid dienone is 1. The van der Waals surface area contributed by atoms with Crippen LogP contribution in [0.4, 0.5) is 0 Å². The molecule has 45 heavy (non-hydrogen) atoms. The number of esters is 1. The Labute approximate surface area is 294 Å². The molecule has 1 heterocycles. The summed E-state index contributed by atoms with van der Waals surface area (Å²) in [5.41, 5.74) is 5.85. The van der Waals surface area contributed by atoms with Crippen molar-refractivity contribution < 1.29 is 28.5 Å². The molecule has 13 heteroatoms. The number of para-hydroxylation sites is 1. The predicted molar refractivity (Wildman–Crippen MR) is 192 cm³/mol. The van der Waals surface area contributed by atoms with E-state index in [-0.39, 0.29) is 13.2 Å². The van der Waals surface area contributed by atoms with Crippen molar-refractivity contribution in [2.45, 2.75) is 33.4 Å². The number of nitrogens with one attached hydrogen (secondary N) is 3. The standard InChI is InChI=1S/C32H32I2N4O6S/c1-4-41-26-15-21(14-24(34)30(26)44-17-20-10-12-22(33)13-11-20)16-35-38-27(39)18-43-25-9-7-6-8-23(25)29-28(31(40)42-5-2)19(3)36-32(45)37-29/h6-16,29H,4-5,17-18H2,1-3H3,(H,38,39)(H2,36,37,45)/t29-/m1/s1. The summed E-state index contributed by atoms with van der Waals surface area (Å²) in [6.07, 6.45) is 1.53. The van der Waals surface area contributed by atoms with Crippen LogP contribution in [0.25, 0.3) is 0 Å². The molecular formula is C32H32I2N4O6S. The van der Waals surface area contributed by atoms with Crippen LogP contribution in [-0.2, 0) is 20.9 Å². The Morgan fingerprint density at radius 3 is 2.49 bits per heavy atom. The molecule has 1 aliphatic heterocycles. The number of carbonyl (C=O) groups excluding carboxylic acids is 2. The molecule has 10 nitrogen and oxygen atoms in total. The average molecular weight is 855 g/mol. The lowest BCUT2D eigenvalue weighted by molar-refractivity contribution is -0.139. The number of thiocarbonyl (C=S) groups is 1. The molecule has 0 radical (unpaired) electrons. The monoisotopic (exact) mass is 854 g/mol. The molecule has 0 fully saturated rings. The van der Waals surface area contributed by atoms with Crippen LogP contribution in [0.15, 0.2) is 77.0 Å². The predicted octanol–water partition coefficient (Wildman–Crippen LogP) is 5.76. The zero-order valence-corrected chi connectivity index (χ0v) is 29.9. The third-order valence-corrected chi connectivity index (χ3v) is 8.12. The summed E-state index contributed by atoms with van der Waals surface area (Å²) in [6, 6.07) is 18.3. The van der Waals surface area contributed by atoms with Crippen molar-refractivity contribution in [3.05, 3.63) is 95.8 Å². The van der Waals surface area contributed by atoms with Crippen LogP contribution in [0.2, 0.25) is 0 Å². The molecule has 1 atom stereocenters. The first-order valence-electron chi connectivity index (χ1n) is 14.0. The number of carbonyl (C=O) groups is 2. The number of hydrazone groups is 1. The number of ether oxygens (including phenoxy) is 4. The minimum absolute atomic E-state index is 0.226. The Balaban J connectivity index is 1.41. The van der Waals surface area contributed by atoms with E-state index in [0.29, 0.717) is 52.4 Å². The van der Waals surface area contributed by atoms with E-state index in [0.717, 1.165) is 18.3 Å². The highest BCUT2D eigenvalue weighted by Gasteiger charge is 2.32. The highest BCUT2D eigenvalue weighted by molar-refractivity contribution is 14.1. The molecule has 0 saturated heterocycles. The summed E-state index contributed by atoms with van der Waals surface area (Å²) in [7, 11) is 0. The normalized spacial score (nSPS) is 14.4. The second-order valence-electron chi connectivity index (χ2n) is 9.59. The van der Waals surface area contributed by atoms with Crippen LogP contribution in [-0.4, -0.2) is 43.0 Å². The lowest BCUT2D eigenvalue weighted by atomic mass is 9.95. The van der Waals surface area contributed by atoms with Gasteiger partial charge >= 0.3 is 5.97 Å². The first-order valence-corrected chi connectivity index (χ1v) is 16.6. The summed E-state index contributed by atoms with van der Waals surface area (Å²) < 4.78 is 25.1. The van der Waals surface area contributed by atoms with Crippen LogP contribution in [0, 0.1) is 7.14 Å². The summed E-state index contributed by atoms with van der Waals surface area (Å²) in [5.74, 6) is 0.691. The van der Waals surface area contributed by atoms with E-state index < -0.39 is 17.9 Å². The van der Waals surface area contributed by atoms with E-state index in [1.54, 1.807) is 32.0 Å². The quantitative estimate of drug-likeness (QED) is 0.0649. The van der Waals surface area contributed by atoms with E-state index in [4.69, 9.17) is 31.2 Å². The minimum Gasteiger partial charge on any atom is -0.490 e. The summed E-state index contributed by atoms with van der Waals surface area (Å²) in [5, 5.41) is 10.5. The molecule has 0 bridgehead atoms. The Morgan fingerprint density at radius 2 is 1.76 bits per heavy atom. The van der Waals surface area contributed by atoms with Gasteiger partial charge in [-0.25, -0.2) is 10.2 Å². The molecule has 4 rings (SSSR count). The van der Waals surface area contributed by atoms with Gasteiger partial charge in [0.15, 0.2) is 23.2 Å². The van der Waals surface area contributed by atoms with E-state index in [1.165, 1.54) is 6.21 Å². The zero-order valence-electron chi connectivity index (χ0n) is 24.8. The van der Waals surface area contributed by atoms with E-state index in [2.05, 4.69) is 66.3 Å². The molecule has 1 aliphatic rings. The number of hydrogen-bond acceptors (Lipinski definition) is 8. The maximum atomic E-state index is 12.8. The van der Waals surface area contributed by atoms with Crippen LogP contribution in [0.1, 0.15) is 43.5 Å². The number of halogens is 2. The molecule has 0 unspecified atom stereocenters. The van der Waals surface area contributed by atoms with Crippen molar-refractivity contribution in [1.82, 2.24) is 16.1 Å². The van der Waals surface area contributed by atoms with Crippen molar-refractivity contribution >= 4 is 80.6 Å². The molecule has 0 aromatic heterocycles. The highest BCUT2D eigenvalue weighted by Crippen LogP contribution is 2.35. The zero-order chi connectivity index (χ0) is 32.3. The number of amides is 1. The second-order valence-corrected chi connectivity index (χ2v) is 12.4. The SMILES string of the molecule is CCOC(=O)C1=C(C)NC(=S)N[C@@H]1c1ccccc1OCC(=O)NN=Cc1cc(I)c(OCc2ccc(I)cc2)c(OCC)c1. The highest BCUT2D eigenvalue weighted by atomic mass is 127. The first-order chi connectivity index (χ1) is 21.7. The van der Waals surface area contributed by atoms with Gasteiger partial charge in [0.1, 0.15) is 12.4 Å². The first kappa shape index (κ1) is 34.4. The summed E-state index contributed by atoms with van der Waals surface area (Å²) >= 11 is 9.79. The van der Waals surface area contributed by atoms with Gasteiger partial charge in [0, 0.05) is 14.8 Å². The molecule has 3 N–H and O–H groups in total. The van der Waals surface area contributed by atoms with Crippen molar-refractivity contribution in [3.63, 3.8) is 0 Å². The molecule has 236 valence electrons. The van der Waals surface area contributed by atoms with Crippen molar-refractivity contribution in [1.29, 1.82) is 0 Å². The van der Waals surface area contributed by atoms with Gasteiger partial charge in [-0.05, 0) is 120 Å². The molecule has 1 amide bonds. The van der Waals surface area contributed by atoms with E-state index >= 15 is 0 Å². The topological polar surface area (TPSA) is 120 Å². The largest absolute Gasteiger partial charge is 0.490 e. The number of nitrogens with zero attached hydrogens (tertiary/aromatic N) is 1. The Morgan fingerprint density at radius 1 is 1.00 bits per heavy atom. The van der Waals surface area contributed by atoms with Crippen molar-refractivity contribution in [3.8, 4) is 17.2 Å². The van der Waals surface area contributed by atoms with Gasteiger partial charge in [-0.1, -0.05) is 30.3 Å². The average Bonchev–Trinajstić information content (AvgIpc) is 3.00. The molecule has 0 aliphatic carbocycles. The summed E-state index contributed by atoms with van der Waals surface area (Å²) in [6.45, 7) is 6.18. The van der Waals surface area contributed by atoms with Crippen LogP contribution in [0.3, 0.4) is 0 Å². The van der Waals surface area contributed by atoms with Gasteiger partial charge in [-0.2, -0.15) is 5.10 Å². The molecular weight excluding hydrogens is 822 g/mol. The van der Waals surface area contributed by atoms with Crippen LogP contribution >= 0.6 is 57.4 Å². The molecule has 3 aromatic carbocycles. The molecule has 3 aromatic rings. The van der Waals surface area contributed by atoms with Crippen molar-refractivity contribution in [2.24, 2.45) is 5.10 Å². The fourth-order valence-corrected chi connectivity index (χ4v) is 5.82. The van der Waals surface area contributed by atoms with Gasteiger partial charge in [-0.15, -0.1) is 0 Å². The molecule has 0 saturated carbocycles. The maximum absolute atomic E-state index is 12.8. The van der Waals surface area contributed by atoms with E-state index in [9.17, 15) is 9.59 Å². The summed E-state index contributed by atoms with van der Waals surface area (Å²) in [4.78, 5) is 25.4. The van der Waals surface area contributed by atoms with E-state index in [1.807, 2.05) is 49.4 Å². The van der Waals surface area contributed by atoms with Gasteiger partial charge in [0.2, 0.25) is 0 Å². The Hall–Kier alpha value is -3.44. The smallest absolute Gasteiger partial charge is 0.338 e. The minimum atomic E-state index is -0.624. The van der Waals surface area contributed by atoms with Gasteiger partial charge in [0.05, 0.1) is 34.6 Å². The maximum Gasteiger partial charge on any atom is 0.338 e. The van der Waals surface area contributed by atoms with Gasteiger partial charge in [-0.3, -0.25) is 4.79 Å². The lowest BCUT2D eigenvalue weighted by Crippen LogP contribution is -2.45. The fraction of sp³-hybridized carbons (Fsp3) is 0.250. The lowest BCUT2D eigenvalue weighted by Gasteiger charge is -2.30. The van der Waals surface area contributed by atoms with Gasteiger partial charge < -0.3 is 29.6 Å². The third-order valence-electron chi connectivity index (χ3n) is 6.38. The number of benzene rings is 3. The Bertz CT molecular complexity index is 1610. The van der Waals surface area contributed by atoms with Gasteiger partial charge in [0.25, 0.3) is 5.91 Å². The second kappa shape index (κ2) is 16.7. The fourth-order valence-electron chi connectivity index (χ4n) is 4.41. The Kier molecular flexibility index (Phi) is 12.8. The number of rotatable bonds is 13. The van der Waals surface area contributed by atoms with Crippen LogP contribution in [0.5, 0.6) is 17.2 Å². The van der Waals surface area contributed by atoms with Crippen LogP contribution < -0.4 is 30.3 Å². The third kappa shape index (κ3) is 9.53. The molecule has 0 spiro atoms. The van der Waals surface area contributed by atoms with Crippen molar-refractivity contribution in [2.75, 3.05) is 19.8 Å².